The molecular formula is C28H28N6O3. The van der Waals surface area contributed by atoms with Crippen LogP contribution in [0.4, 0.5) is 4.79 Å². The molecule has 1 fully saturated rings. The molecule has 2 aliphatic rings. The van der Waals surface area contributed by atoms with Gasteiger partial charge in [-0.15, -0.1) is 0 Å². The number of nitrogens with zero attached hydrogens (tertiary/aromatic N) is 5. The second-order valence-corrected chi connectivity index (χ2v) is 9.95. The number of hydrogen-bond donors (Lipinski definition) is 2. The van der Waals surface area contributed by atoms with Crippen molar-refractivity contribution in [2.75, 3.05) is 13.1 Å². The highest BCUT2D eigenvalue weighted by Crippen LogP contribution is 2.40. The molecule has 5 heterocycles. The van der Waals surface area contributed by atoms with Crippen molar-refractivity contribution >= 4 is 23.0 Å². The van der Waals surface area contributed by atoms with Gasteiger partial charge in [0.05, 0.1) is 17.9 Å². The lowest BCUT2D eigenvalue weighted by molar-refractivity contribution is 0.0726. The highest BCUT2D eigenvalue weighted by molar-refractivity contribution is 5.92. The predicted octanol–water partition coefficient (Wildman–Crippen LogP) is 4.65. The number of carbonyl (C=O) groups excluding carboxylic acids is 1. The molecule has 2 amide bonds. The minimum Gasteiger partial charge on any atom is -0.465 e. The van der Waals surface area contributed by atoms with E-state index < -0.39 is 6.09 Å². The van der Waals surface area contributed by atoms with E-state index in [2.05, 4.69) is 45.1 Å². The van der Waals surface area contributed by atoms with Crippen molar-refractivity contribution in [3.63, 3.8) is 0 Å². The average Bonchev–Trinajstić information content (AvgIpc) is 3.55. The Morgan fingerprint density at radius 3 is 2.68 bits per heavy atom. The maximum absolute atomic E-state index is 13.3. The zero-order valence-corrected chi connectivity index (χ0v) is 20.9. The van der Waals surface area contributed by atoms with Crippen LogP contribution >= 0.6 is 0 Å². The van der Waals surface area contributed by atoms with Crippen molar-refractivity contribution in [3.8, 4) is 11.1 Å². The number of amides is 2. The summed E-state index contributed by atoms with van der Waals surface area (Å²) in [5.74, 6) is -0.160. The van der Waals surface area contributed by atoms with Crippen LogP contribution in [0.2, 0.25) is 0 Å². The van der Waals surface area contributed by atoms with E-state index in [9.17, 15) is 14.7 Å². The van der Waals surface area contributed by atoms with E-state index in [4.69, 9.17) is 0 Å². The molecule has 6 rings (SSSR count). The Hall–Kier alpha value is -4.27. The molecule has 0 aliphatic carbocycles. The Labute approximate surface area is 214 Å². The molecule has 3 aromatic heterocycles. The van der Waals surface area contributed by atoms with Crippen LogP contribution in [0.15, 0.2) is 43.0 Å². The van der Waals surface area contributed by atoms with Crippen LogP contribution in [0.3, 0.4) is 0 Å². The zero-order chi connectivity index (χ0) is 25.7. The van der Waals surface area contributed by atoms with Gasteiger partial charge in [0.15, 0.2) is 0 Å². The lowest BCUT2D eigenvalue weighted by atomic mass is 9.86. The quantitative estimate of drug-likeness (QED) is 0.427. The van der Waals surface area contributed by atoms with E-state index >= 15 is 0 Å². The number of fused-ring (bicyclic) bond motifs is 2. The van der Waals surface area contributed by atoms with Gasteiger partial charge in [-0.25, -0.2) is 14.8 Å². The molecule has 37 heavy (non-hydrogen) atoms. The number of carbonyl (C=O) groups is 2. The Balaban J connectivity index is 1.43. The number of aryl methyl sites for hydroxylation is 2. The standard InChI is InChI=1S/C28H28N6O3/c1-16-11-31-26-21(16)10-20(13-32-26)19-8-18-5-7-33(27(35)24-14-29-17(2)12-30-24)15-23(18)22(9-19)25-4-3-6-34(25)28(36)37/h8-14,25H,3-7,15H2,1-2H3,(H,31,32)(H,36,37). The number of benzene rings is 1. The Morgan fingerprint density at radius 2 is 1.89 bits per heavy atom. The summed E-state index contributed by atoms with van der Waals surface area (Å²) in [7, 11) is 0. The lowest BCUT2D eigenvalue weighted by Crippen LogP contribution is -2.38. The van der Waals surface area contributed by atoms with Crippen LogP contribution in [-0.4, -0.2) is 59.9 Å². The zero-order valence-electron chi connectivity index (χ0n) is 20.9. The average molecular weight is 497 g/mol. The fraction of sp³-hybridized carbons (Fsp3) is 0.321. The number of likely N-dealkylation sites (tertiary alicyclic amines) is 1. The number of pyridine rings is 1. The number of nitrogens with one attached hydrogen (secondary N) is 1. The summed E-state index contributed by atoms with van der Waals surface area (Å²) in [6.07, 6.45) is 8.28. The van der Waals surface area contributed by atoms with Gasteiger partial charge in [-0.2, -0.15) is 0 Å². The lowest BCUT2D eigenvalue weighted by Gasteiger charge is -2.33. The summed E-state index contributed by atoms with van der Waals surface area (Å²) in [4.78, 5) is 45.0. The summed E-state index contributed by atoms with van der Waals surface area (Å²) in [6.45, 7) is 5.37. The van der Waals surface area contributed by atoms with Gasteiger partial charge >= 0.3 is 6.09 Å². The van der Waals surface area contributed by atoms with Gasteiger partial charge in [-0.05, 0) is 73.1 Å². The van der Waals surface area contributed by atoms with E-state index in [0.29, 0.717) is 31.7 Å². The topological polar surface area (TPSA) is 115 Å². The monoisotopic (exact) mass is 496 g/mol. The molecule has 188 valence electrons. The first kappa shape index (κ1) is 23.1. The molecular weight excluding hydrogens is 468 g/mol. The van der Waals surface area contributed by atoms with Crippen molar-refractivity contribution in [2.24, 2.45) is 0 Å². The van der Waals surface area contributed by atoms with E-state index in [0.717, 1.165) is 62.9 Å². The summed E-state index contributed by atoms with van der Waals surface area (Å²) < 4.78 is 0. The van der Waals surface area contributed by atoms with E-state index in [1.807, 2.05) is 19.3 Å². The number of hydrogen-bond acceptors (Lipinski definition) is 5. The molecule has 0 radical (unpaired) electrons. The van der Waals surface area contributed by atoms with Crippen molar-refractivity contribution in [2.45, 2.75) is 45.7 Å². The SMILES string of the molecule is Cc1cnc(C(=O)N2CCc3cc(-c4cnc5[nH]cc(C)c5c4)cc(C4CCCN4C(=O)O)c3C2)cn1. The molecule has 9 heteroatoms. The second-order valence-electron chi connectivity index (χ2n) is 9.95. The van der Waals surface area contributed by atoms with E-state index in [-0.39, 0.29) is 11.9 Å². The van der Waals surface area contributed by atoms with Crippen LogP contribution in [0.1, 0.15) is 57.3 Å². The molecule has 1 atom stereocenters. The Kier molecular flexibility index (Phi) is 5.62. The van der Waals surface area contributed by atoms with Gasteiger partial charge in [0.1, 0.15) is 11.3 Å². The predicted molar refractivity (Wildman–Crippen MR) is 138 cm³/mol. The first-order valence-electron chi connectivity index (χ1n) is 12.6. The fourth-order valence-electron chi connectivity index (χ4n) is 5.61. The van der Waals surface area contributed by atoms with Crippen LogP contribution in [0, 0.1) is 13.8 Å². The molecule has 4 aromatic rings. The Morgan fingerprint density at radius 1 is 1.03 bits per heavy atom. The minimum atomic E-state index is -0.911. The van der Waals surface area contributed by atoms with Crippen LogP contribution in [0.5, 0.6) is 0 Å². The molecule has 0 bridgehead atoms. The van der Waals surface area contributed by atoms with Gasteiger partial charge in [0, 0.05) is 49.2 Å². The smallest absolute Gasteiger partial charge is 0.407 e. The maximum Gasteiger partial charge on any atom is 0.407 e. The number of aromatic nitrogens is 4. The van der Waals surface area contributed by atoms with Gasteiger partial charge in [0.2, 0.25) is 0 Å². The normalized spacial score (nSPS) is 17.3. The number of H-pyrrole nitrogens is 1. The van der Waals surface area contributed by atoms with E-state index in [1.54, 1.807) is 11.1 Å². The molecule has 0 spiro atoms. The third kappa shape index (κ3) is 4.10. The molecule has 1 unspecified atom stereocenters. The van der Waals surface area contributed by atoms with Gasteiger partial charge in [-0.1, -0.05) is 6.07 Å². The molecule has 2 N–H and O–H groups in total. The van der Waals surface area contributed by atoms with Gasteiger partial charge in [0.25, 0.3) is 5.91 Å². The number of aromatic amines is 1. The first-order chi connectivity index (χ1) is 17.9. The van der Waals surface area contributed by atoms with Gasteiger partial charge < -0.3 is 19.9 Å². The summed E-state index contributed by atoms with van der Waals surface area (Å²) in [5.41, 5.74) is 8.23. The van der Waals surface area contributed by atoms with Crippen molar-refractivity contribution < 1.29 is 14.7 Å². The van der Waals surface area contributed by atoms with Gasteiger partial charge in [-0.3, -0.25) is 9.78 Å². The summed E-state index contributed by atoms with van der Waals surface area (Å²) in [6, 6.07) is 6.18. The van der Waals surface area contributed by atoms with Crippen molar-refractivity contribution in [3.05, 3.63) is 76.6 Å². The fourth-order valence-corrected chi connectivity index (χ4v) is 5.61. The largest absolute Gasteiger partial charge is 0.465 e. The number of carboxylic acid groups (broad SMARTS) is 1. The third-order valence-corrected chi connectivity index (χ3v) is 7.59. The Bertz CT molecular complexity index is 1530. The molecule has 9 nitrogen and oxygen atoms in total. The first-order valence-corrected chi connectivity index (χ1v) is 12.6. The highest BCUT2D eigenvalue weighted by atomic mass is 16.4. The molecule has 2 aliphatic heterocycles. The number of rotatable bonds is 3. The third-order valence-electron chi connectivity index (χ3n) is 7.59. The summed E-state index contributed by atoms with van der Waals surface area (Å²) in [5, 5.41) is 11.0. The summed E-state index contributed by atoms with van der Waals surface area (Å²) >= 11 is 0. The molecule has 1 saturated heterocycles. The molecule has 0 saturated carbocycles. The van der Waals surface area contributed by atoms with Crippen molar-refractivity contribution in [1.82, 2.24) is 29.7 Å². The van der Waals surface area contributed by atoms with Crippen LogP contribution < -0.4 is 0 Å². The van der Waals surface area contributed by atoms with Crippen LogP contribution in [0.25, 0.3) is 22.2 Å². The maximum atomic E-state index is 13.3. The minimum absolute atomic E-state index is 0.160. The second kappa shape index (κ2) is 8.99. The van der Waals surface area contributed by atoms with Crippen LogP contribution in [-0.2, 0) is 13.0 Å². The van der Waals surface area contributed by atoms with Crippen molar-refractivity contribution in [1.29, 1.82) is 0 Å². The molecule has 1 aromatic carbocycles. The van der Waals surface area contributed by atoms with E-state index in [1.165, 1.54) is 11.1 Å². The highest BCUT2D eigenvalue weighted by Gasteiger charge is 2.34.